The highest BCUT2D eigenvalue weighted by Crippen LogP contribution is 2.64. The van der Waals surface area contributed by atoms with Crippen LogP contribution in [-0.4, -0.2) is 136 Å². The van der Waals surface area contributed by atoms with Crippen molar-refractivity contribution in [3.8, 4) is 0 Å². The van der Waals surface area contributed by atoms with Gasteiger partial charge in [0.05, 0.1) is 27.4 Å². The van der Waals surface area contributed by atoms with E-state index in [4.69, 9.17) is 14.2 Å². The van der Waals surface area contributed by atoms with Crippen LogP contribution in [0.25, 0.3) is 0 Å². The van der Waals surface area contributed by atoms with Crippen LogP contribution >= 0.6 is 0 Å². The van der Waals surface area contributed by atoms with E-state index in [2.05, 4.69) is 13.2 Å². The maximum absolute atomic E-state index is 15.0. The van der Waals surface area contributed by atoms with E-state index >= 15 is 8.78 Å². The van der Waals surface area contributed by atoms with E-state index < -0.39 is 146 Å². The van der Waals surface area contributed by atoms with Crippen molar-refractivity contribution in [2.24, 2.45) is 0 Å². The molecule has 0 spiro atoms. The van der Waals surface area contributed by atoms with Crippen LogP contribution < -0.4 is 0 Å². The average molecular weight is 1080 g/mol. The van der Waals surface area contributed by atoms with Crippen LogP contribution in [0, 0.1) is 17.0 Å². The Morgan fingerprint density at radius 1 is 0.771 bits per heavy atom. The molecule has 2 aromatic rings. The minimum atomic E-state index is -8.84. The molecule has 1 aliphatic rings. The number of methoxy groups -OCH3 is 1. The lowest BCUT2D eigenvalue weighted by Crippen LogP contribution is -2.74. The highest BCUT2D eigenvalue weighted by Gasteiger charge is 2.95. The summed E-state index contributed by atoms with van der Waals surface area (Å²) in [5, 5.41) is 11.1. The molecule has 0 saturated heterocycles. The van der Waals surface area contributed by atoms with Gasteiger partial charge in [-0.25, -0.2) is 16.8 Å². The van der Waals surface area contributed by atoms with Crippen molar-refractivity contribution in [2.45, 2.75) is 109 Å². The van der Waals surface area contributed by atoms with Gasteiger partial charge in [0.25, 0.3) is 5.69 Å². The third kappa shape index (κ3) is 11.4. The fourth-order valence-corrected chi connectivity index (χ4v) is 9.36. The Morgan fingerprint density at radius 3 is 1.71 bits per heavy atom. The van der Waals surface area contributed by atoms with Gasteiger partial charge in [-0.3, -0.25) is 10.1 Å². The van der Waals surface area contributed by atoms with Gasteiger partial charge in [0.2, 0.25) is 20.0 Å². The number of nitrogens with zero attached hydrogens (tertiary/aromatic N) is 3. The van der Waals surface area contributed by atoms with Crippen molar-refractivity contribution in [1.82, 2.24) is 8.61 Å². The van der Waals surface area contributed by atoms with Crippen LogP contribution in [0.15, 0.2) is 95.3 Å². The Hall–Kier alpha value is -4.43. The Balaban J connectivity index is 1.90. The third-order valence-corrected chi connectivity index (χ3v) is 14.2. The molecule has 0 N–H and O–H groups in total. The molecule has 0 saturated carbocycles. The number of benzene rings is 2. The zero-order chi connectivity index (χ0) is 54.1. The molecule has 4 atom stereocenters. The predicted octanol–water partition coefficient (Wildman–Crippen LogP) is 9.82. The summed E-state index contributed by atoms with van der Waals surface area (Å²) in [6.45, 7) is 5.20. The van der Waals surface area contributed by atoms with Crippen LogP contribution in [-0.2, 0) is 34.3 Å². The first-order chi connectivity index (χ1) is 31.6. The number of hydrogen-bond donors (Lipinski definition) is 0. The van der Waals surface area contributed by atoms with E-state index in [1.807, 2.05) is 0 Å². The second-order valence-corrected chi connectivity index (χ2v) is 19.3. The monoisotopic (exact) mass is 1080 g/mol. The summed E-state index contributed by atoms with van der Waals surface area (Å²) in [5.41, 5.74) is -0.564. The summed E-state index contributed by atoms with van der Waals surface area (Å²) in [5.74, 6) is -58.2. The number of non-ortho nitro benzene ring substituents is 1. The van der Waals surface area contributed by atoms with E-state index in [1.165, 1.54) is 32.1 Å². The Morgan fingerprint density at radius 2 is 1.24 bits per heavy atom. The minimum absolute atomic E-state index is 0.0991. The average Bonchev–Trinajstić information content (AvgIpc) is 3.25. The van der Waals surface area contributed by atoms with Gasteiger partial charge in [-0.2, -0.15) is 83.2 Å². The number of hydrogen-bond acceptors (Lipinski definition) is 9. The van der Waals surface area contributed by atoms with Crippen LogP contribution in [0.4, 0.5) is 80.3 Å². The van der Waals surface area contributed by atoms with Crippen molar-refractivity contribution in [1.29, 1.82) is 0 Å². The van der Waals surface area contributed by atoms with Gasteiger partial charge in [0.1, 0.15) is 6.10 Å². The molecule has 396 valence electrons. The molecule has 0 bridgehead atoms. The Bertz CT molecular complexity index is 2440. The molecular formula is C39H40F17N3O9S2. The number of ether oxygens (including phenoxy) is 3. The third-order valence-electron chi connectivity index (χ3n) is 10.3. The van der Waals surface area contributed by atoms with Gasteiger partial charge in [-0.1, -0.05) is 42.5 Å². The molecule has 0 aromatic heterocycles. The fourth-order valence-electron chi connectivity index (χ4n) is 6.24. The number of halogens is 17. The zero-order valence-corrected chi connectivity index (χ0v) is 37.7. The maximum atomic E-state index is 15.0. The Kier molecular flexibility index (Phi) is 17.9. The minimum Gasteiger partial charge on any atom is -0.364 e. The molecule has 0 fully saturated rings. The standard InChI is InChI=1S/C39H40F17N3O9S2/c1-6-7-25(4)58(70(64,65)29-15-10-26(11-16-29)59(60)61)21-27-12-17-30(31(66-5)68-27)67-22-24(3)20-57(69(62,63)28-13-8-23(2)9-14-28)19-18-32(40,41)33(42,43)34(44,45)35(46,47)36(48,49)37(50,51)38(52,53)39(54,55)56/h6,8-17,25,27,30-31H,1,3,7,18-22H2,2,4-5H3/t25-,27-,30+,31-/m0/s1. The highest BCUT2D eigenvalue weighted by molar-refractivity contribution is 7.89. The Labute approximate surface area is 387 Å². The van der Waals surface area contributed by atoms with E-state index in [9.17, 15) is 92.8 Å². The first-order valence-corrected chi connectivity index (χ1v) is 22.3. The van der Waals surface area contributed by atoms with Gasteiger partial charge in [0, 0.05) is 51.3 Å². The topological polar surface area (TPSA) is 146 Å². The molecule has 0 aliphatic carbocycles. The van der Waals surface area contributed by atoms with Crippen molar-refractivity contribution >= 4 is 25.7 Å². The summed E-state index contributed by atoms with van der Waals surface area (Å²) >= 11 is 0. The quantitative estimate of drug-likeness (QED) is 0.0411. The van der Waals surface area contributed by atoms with Crippen LogP contribution in [0.5, 0.6) is 0 Å². The summed E-state index contributed by atoms with van der Waals surface area (Å²) in [6.07, 6.45) is -10.9. The van der Waals surface area contributed by atoms with E-state index in [0.29, 0.717) is 5.56 Å². The lowest BCUT2D eigenvalue weighted by atomic mass is 9.88. The molecule has 2 aromatic carbocycles. The molecule has 3 rings (SSSR count). The number of nitro benzene ring substituents is 1. The first-order valence-electron chi connectivity index (χ1n) is 19.4. The van der Waals surface area contributed by atoms with Gasteiger partial charge in [-0.05, 0) is 50.1 Å². The lowest BCUT2D eigenvalue weighted by Gasteiger charge is -2.43. The molecule has 12 nitrogen and oxygen atoms in total. The van der Waals surface area contributed by atoms with Crippen molar-refractivity contribution in [3.05, 3.63) is 101 Å². The van der Waals surface area contributed by atoms with Crippen molar-refractivity contribution < 1.29 is 111 Å². The number of alkyl halides is 17. The molecule has 1 heterocycles. The molecule has 70 heavy (non-hydrogen) atoms. The van der Waals surface area contributed by atoms with Crippen molar-refractivity contribution in [2.75, 3.05) is 33.4 Å². The molecule has 31 heteroatoms. The molecule has 0 amide bonds. The van der Waals surface area contributed by atoms with Gasteiger partial charge in [0.15, 0.2) is 6.29 Å². The molecule has 0 unspecified atom stereocenters. The van der Waals surface area contributed by atoms with E-state index in [1.54, 1.807) is 0 Å². The summed E-state index contributed by atoms with van der Waals surface area (Å²) in [4.78, 5) is 9.16. The van der Waals surface area contributed by atoms with E-state index in [-0.39, 0.29) is 15.6 Å². The van der Waals surface area contributed by atoms with Gasteiger partial charge in [-0.15, -0.1) is 6.58 Å². The normalized spacial score (nSPS) is 18.9. The smallest absolute Gasteiger partial charge is 0.364 e. The second-order valence-electron chi connectivity index (χ2n) is 15.4. The van der Waals surface area contributed by atoms with Gasteiger partial charge >= 0.3 is 47.6 Å². The van der Waals surface area contributed by atoms with E-state index in [0.717, 1.165) is 59.9 Å². The molecule has 1 aliphatic heterocycles. The summed E-state index contributed by atoms with van der Waals surface area (Å²) in [6, 6.07) is 6.93. The van der Waals surface area contributed by atoms with Crippen molar-refractivity contribution in [3.63, 3.8) is 0 Å². The summed E-state index contributed by atoms with van der Waals surface area (Å²) < 4.78 is 309. The largest absolute Gasteiger partial charge is 0.460 e. The van der Waals surface area contributed by atoms with Crippen LogP contribution in [0.2, 0.25) is 0 Å². The zero-order valence-electron chi connectivity index (χ0n) is 36.1. The van der Waals surface area contributed by atoms with Gasteiger partial charge < -0.3 is 14.2 Å². The number of aryl methyl sites for hydroxylation is 1. The highest BCUT2D eigenvalue weighted by atomic mass is 32.2. The number of sulfonamides is 2. The maximum Gasteiger partial charge on any atom is 0.460 e. The SMILES string of the molecule is C=CC[C@H](C)N(C[C@@H]1C=C[C@@H](OCC(=C)CN(CCC(F)(F)C(F)(F)C(F)(F)C(F)(F)C(F)(F)C(F)(F)C(F)(F)C(F)(F)F)S(=O)(=O)c2ccc(C)cc2)[C@@H](OC)O1)S(=O)(=O)c1ccc([N+](=O)[O-])cc1. The molecule has 0 radical (unpaired) electrons. The fraction of sp³-hybridized carbons (Fsp3) is 0.538. The lowest BCUT2D eigenvalue weighted by molar-refractivity contribution is -0.461. The molecular weight excluding hydrogens is 1040 g/mol. The summed E-state index contributed by atoms with van der Waals surface area (Å²) in [7, 11) is -8.62. The van der Waals surface area contributed by atoms with Crippen LogP contribution in [0.1, 0.15) is 25.3 Å². The number of rotatable bonds is 25. The number of nitro groups is 1. The second kappa shape index (κ2) is 21.0. The first kappa shape index (κ1) is 59.9. The van der Waals surface area contributed by atoms with Crippen LogP contribution in [0.3, 0.4) is 0 Å². The predicted molar refractivity (Wildman–Crippen MR) is 210 cm³/mol.